The largest absolute Gasteiger partial charge is 0.223 e. The molecule has 0 aliphatic carbocycles. The van der Waals surface area contributed by atoms with E-state index in [1.807, 2.05) is 45.0 Å². The lowest BCUT2D eigenvalue weighted by Gasteiger charge is -2.11. The normalized spacial score (nSPS) is 12.9. The highest BCUT2D eigenvalue weighted by Crippen LogP contribution is 2.27. The van der Waals surface area contributed by atoms with Crippen LogP contribution in [-0.4, -0.2) is 23.4 Å². The van der Waals surface area contributed by atoms with E-state index < -0.39 is 9.84 Å². The van der Waals surface area contributed by atoms with E-state index in [1.54, 1.807) is 30.3 Å². The van der Waals surface area contributed by atoms with Crippen molar-refractivity contribution in [3.05, 3.63) is 60.2 Å². The van der Waals surface area contributed by atoms with Crippen LogP contribution in [0.15, 0.2) is 59.5 Å². The average molecular weight is 341 g/mol. The molecule has 1 aromatic heterocycles. The summed E-state index contributed by atoms with van der Waals surface area (Å²) in [7, 11) is -3.71. The molecule has 0 aliphatic heterocycles. The third-order valence-electron chi connectivity index (χ3n) is 3.64. The first-order chi connectivity index (χ1) is 11.4. The van der Waals surface area contributed by atoms with Crippen LogP contribution in [0.3, 0.4) is 0 Å². The molecule has 2 aromatic carbocycles. The van der Waals surface area contributed by atoms with Crippen LogP contribution in [0.5, 0.6) is 0 Å². The van der Waals surface area contributed by atoms with E-state index in [0.717, 1.165) is 5.56 Å². The van der Waals surface area contributed by atoms with Crippen molar-refractivity contribution in [2.45, 2.75) is 25.7 Å². The van der Waals surface area contributed by atoms with Gasteiger partial charge in [0, 0.05) is 0 Å². The molecule has 0 atom stereocenters. The summed E-state index contributed by atoms with van der Waals surface area (Å²) in [6, 6.07) is 14.1. The maximum absolute atomic E-state index is 13.2. The molecule has 0 fully saturated rings. The summed E-state index contributed by atoms with van der Waals surface area (Å²) in [5.41, 5.74) is 2.33. The molecule has 0 amide bonds. The Balaban J connectivity index is 2.23. The Bertz CT molecular complexity index is 1000. The first kappa shape index (κ1) is 16.4. The summed E-state index contributed by atoms with van der Waals surface area (Å²) in [5, 5.41) is 8.29. The highest BCUT2D eigenvalue weighted by molar-refractivity contribution is 8.00. The molecule has 0 unspecified atom stereocenters. The molecule has 0 aliphatic rings. The van der Waals surface area contributed by atoms with Gasteiger partial charge in [-0.2, -0.15) is 0 Å². The molecule has 3 rings (SSSR count). The maximum Gasteiger partial charge on any atom is 0.223 e. The van der Waals surface area contributed by atoms with Crippen LogP contribution in [0.25, 0.3) is 16.1 Å². The van der Waals surface area contributed by atoms with Crippen molar-refractivity contribution in [3.63, 3.8) is 0 Å². The van der Waals surface area contributed by atoms with Gasteiger partial charge in [0.25, 0.3) is 0 Å². The van der Waals surface area contributed by atoms with E-state index >= 15 is 0 Å². The number of aromatic nitrogens is 3. The number of aryl methyl sites for hydroxylation is 1. The van der Waals surface area contributed by atoms with Gasteiger partial charge in [-0.1, -0.05) is 48.9 Å². The Labute approximate surface area is 141 Å². The summed E-state index contributed by atoms with van der Waals surface area (Å²) in [6.45, 7) is 5.79. The number of hydrogen-bond acceptors (Lipinski definition) is 4. The molecule has 124 valence electrons. The smallest absolute Gasteiger partial charge is 0.217 e. The zero-order chi connectivity index (χ0) is 17.3. The minimum atomic E-state index is -3.71. The van der Waals surface area contributed by atoms with Crippen molar-refractivity contribution in [2.75, 3.05) is 0 Å². The number of hydrogen-bond donors (Lipinski definition) is 0. The van der Waals surface area contributed by atoms with Crippen LogP contribution in [0.2, 0.25) is 0 Å². The maximum atomic E-state index is 13.2. The molecule has 24 heavy (non-hydrogen) atoms. The van der Waals surface area contributed by atoms with Crippen molar-refractivity contribution in [1.29, 1.82) is 0 Å². The fourth-order valence-corrected chi connectivity index (χ4v) is 3.98. The van der Waals surface area contributed by atoms with Gasteiger partial charge in [0.1, 0.15) is 5.52 Å². The molecule has 0 radical (unpaired) electrons. The second-order valence-corrected chi connectivity index (χ2v) is 7.95. The first-order valence-corrected chi connectivity index (χ1v) is 9.22. The van der Waals surface area contributed by atoms with Gasteiger partial charge in [-0.15, -0.1) is 5.10 Å². The third kappa shape index (κ3) is 2.97. The fourth-order valence-electron chi connectivity index (χ4n) is 2.43. The van der Waals surface area contributed by atoms with E-state index in [9.17, 15) is 8.42 Å². The lowest BCUT2D eigenvalue weighted by atomic mass is 10.2. The van der Waals surface area contributed by atoms with Gasteiger partial charge in [-0.3, -0.25) is 0 Å². The van der Waals surface area contributed by atoms with Crippen molar-refractivity contribution >= 4 is 25.9 Å². The molecule has 3 aromatic rings. The van der Waals surface area contributed by atoms with Crippen LogP contribution in [0.4, 0.5) is 0 Å². The van der Waals surface area contributed by atoms with Crippen LogP contribution < -0.4 is 0 Å². The van der Waals surface area contributed by atoms with Crippen LogP contribution in [0.1, 0.15) is 19.4 Å². The monoisotopic (exact) mass is 341 g/mol. The van der Waals surface area contributed by atoms with Gasteiger partial charge in [0.15, 0.2) is 5.03 Å². The van der Waals surface area contributed by atoms with Gasteiger partial charge >= 0.3 is 0 Å². The highest BCUT2D eigenvalue weighted by atomic mass is 32.2. The Morgan fingerprint density at radius 2 is 1.75 bits per heavy atom. The summed E-state index contributed by atoms with van der Waals surface area (Å²) in [4.78, 5) is 0.250. The van der Waals surface area contributed by atoms with Crippen molar-refractivity contribution in [1.82, 2.24) is 15.0 Å². The lowest BCUT2D eigenvalue weighted by Crippen LogP contribution is -2.13. The molecule has 0 saturated heterocycles. The summed E-state index contributed by atoms with van der Waals surface area (Å²) < 4.78 is 27.7. The summed E-state index contributed by atoms with van der Waals surface area (Å²) >= 11 is 0. The van der Waals surface area contributed by atoms with Crippen LogP contribution >= 0.6 is 0 Å². The van der Waals surface area contributed by atoms with E-state index in [1.165, 1.54) is 4.68 Å². The van der Waals surface area contributed by atoms with Gasteiger partial charge in [-0.05, 0) is 43.2 Å². The highest BCUT2D eigenvalue weighted by Gasteiger charge is 2.25. The molecule has 0 spiro atoms. The zero-order valence-electron chi connectivity index (χ0n) is 13.8. The Hall–Kier alpha value is -2.47. The van der Waals surface area contributed by atoms with E-state index in [2.05, 4.69) is 10.3 Å². The molecule has 1 heterocycles. The predicted molar refractivity (Wildman–Crippen MR) is 95.0 cm³/mol. The number of sulfone groups is 1. The fraction of sp³-hybridized carbons (Fsp3) is 0.222. The summed E-state index contributed by atoms with van der Waals surface area (Å²) in [5.74, 6) is 0.0446. The number of benzene rings is 2. The Kier molecular flexibility index (Phi) is 4.24. The van der Waals surface area contributed by atoms with Crippen LogP contribution in [0, 0.1) is 12.8 Å². The minimum Gasteiger partial charge on any atom is -0.217 e. The molecule has 6 heteroatoms. The van der Waals surface area contributed by atoms with Crippen molar-refractivity contribution < 1.29 is 8.42 Å². The average Bonchev–Trinajstić information content (AvgIpc) is 2.96. The first-order valence-electron chi connectivity index (χ1n) is 7.74. The van der Waals surface area contributed by atoms with Gasteiger partial charge in [0.05, 0.1) is 10.4 Å². The van der Waals surface area contributed by atoms with Gasteiger partial charge < -0.3 is 0 Å². The van der Waals surface area contributed by atoms with Crippen LogP contribution in [-0.2, 0) is 9.84 Å². The van der Waals surface area contributed by atoms with E-state index in [-0.39, 0.29) is 15.8 Å². The quantitative estimate of drug-likeness (QED) is 0.726. The molecular weight excluding hydrogens is 322 g/mol. The second-order valence-electron chi connectivity index (χ2n) is 6.06. The molecule has 0 bridgehead atoms. The number of allylic oxidation sites excluding steroid dienone is 1. The molecule has 0 N–H and O–H groups in total. The number of nitrogens with zero attached hydrogens (tertiary/aromatic N) is 3. The number of rotatable bonds is 4. The minimum absolute atomic E-state index is 0.0446. The third-order valence-corrected chi connectivity index (χ3v) is 5.40. The standard InChI is InChI=1S/C18H19N3O2S/c1-13(2)12-18(21-17-7-5-4-6-16(17)19-20-21)24(22,23)15-10-8-14(3)9-11-15/h4-13H,1-3H3/b18-12-. The topological polar surface area (TPSA) is 64.8 Å². The van der Waals surface area contributed by atoms with Gasteiger partial charge in [0.2, 0.25) is 9.84 Å². The SMILES string of the molecule is Cc1ccc(S(=O)(=O)/C(=C\C(C)C)n2nnc3ccccc32)cc1. The Morgan fingerprint density at radius 1 is 1.08 bits per heavy atom. The lowest BCUT2D eigenvalue weighted by molar-refractivity contribution is 0.602. The van der Waals surface area contributed by atoms with E-state index in [4.69, 9.17) is 0 Å². The Morgan fingerprint density at radius 3 is 2.42 bits per heavy atom. The molecular formula is C18H19N3O2S. The molecule has 0 saturated carbocycles. The number of para-hydroxylation sites is 1. The number of fused-ring (bicyclic) bond motifs is 1. The molecule has 5 nitrogen and oxygen atoms in total. The van der Waals surface area contributed by atoms with E-state index in [0.29, 0.717) is 11.0 Å². The van der Waals surface area contributed by atoms with Gasteiger partial charge in [-0.25, -0.2) is 13.1 Å². The summed E-state index contributed by atoms with van der Waals surface area (Å²) in [6.07, 6.45) is 1.70. The second kappa shape index (κ2) is 6.20. The van der Waals surface area contributed by atoms with Crippen molar-refractivity contribution in [2.24, 2.45) is 5.92 Å². The zero-order valence-corrected chi connectivity index (χ0v) is 14.7. The predicted octanol–water partition coefficient (Wildman–Crippen LogP) is 3.67. The van der Waals surface area contributed by atoms with Crippen molar-refractivity contribution in [3.8, 4) is 0 Å².